The van der Waals surface area contributed by atoms with Crippen LogP contribution in [0, 0.1) is 0 Å². The lowest BCUT2D eigenvalue weighted by Gasteiger charge is -2.27. The monoisotopic (exact) mass is 291 g/mol. The minimum Gasteiger partial charge on any atom is -0.490 e. The van der Waals surface area contributed by atoms with E-state index in [-0.39, 0.29) is 0 Å². The Balaban J connectivity index is 2.29. The average molecular weight is 291 g/mol. The van der Waals surface area contributed by atoms with E-state index < -0.39 is 0 Å². The molecule has 21 heavy (non-hydrogen) atoms. The zero-order valence-corrected chi connectivity index (χ0v) is 13.7. The van der Waals surface area contributed by atoms with Gasteiger partial charge in [0.05, 0.1) is 13.2 Å². The molecule has 0 radical (unpaired) electrons. The summed E-state index contributed by atoms with van der Waals surface area (Å²) in [5, 5.41) is 3.59. The van der Waals surface area contributed by atoms with Crippen molar-refractivity contribution in [2.24, 2.45) is 0 Å². The first kappa shape index (κ1) is 16.2. The summed E-state index contributed by atoms with van der Waals surface area (Å²) in [5.41, 5.74) is 2.82. The smallest absolute Gasteiger partial charge is 0.161 e. The highest BCUT2D eigenvalue weighted by atomic mass is 16.5. The quantitative estimate of drug-likeness (QED) is 0.776. The molecule has 0 saturated heterocycles. The first-order valence-electron chi connectivity index (χ1n) is 8.45. The minimum absolute atomic E-state index is 0.461. The van der Waals surface area contributed by atoms with E-state index in [2.05, 4.69) is 38.2 Å². The molecule has 0 heterocycles. The Labute approximate surface area is 129 Å². The highest BCUT2D eigenvalue weighted by Gasteiger charge is 2.22. The molecule has 0 saturated carbocycles. The van der Waals surface area contributed by atoms with Gasteiger partial charge in [0, 0.05) is 6.04 Å². The van der Waals surface area contributed by atoms with Gasteiger partial charge in [0.25, 0.3) is 0 Å². The number of benzene rings is 1. The Morgan fingerprint density at radius 1 is 1.05 bits per heavy atom. The van der Waals surface area contributed by atoms with E-state index >= 15 is 0 Å². The van der Waals surface area contributed by atoms with Crippen molar-refractivity contribution in [2.45, 2.75) is 58.9 Å². The van der Waals surface area contributed by atoms with Crippen LogP contribution in [-0.4, -0.2) is 19.8 Å². The molecule has 0 fully saturated rings. The number of fused-ring (bicyclic) bond motifs is 1. The zero-order chi connectivity index (χ0) is 15.1. The van der Waals surface area contributed by atoms with Crippen molar-refractivity contribution in [3.63, 3.8) is 0 Å². The van der Waals surface area contributed by atoms with Crippen LogP contribution in [0.2, 0.25) is 0 Å². The molecule has 2 rings (SSSR count). The SMILES string of the molecule is CCCOc1cc2c(cc1OCCC)C(NCC)CCC2. The van der Waals surface area contributed by atoms with Crippen molar-refractivity contribution in [3.05, 3.63) is 23.3 Å². The molecule has 118 valence electrons. The lowest BCUT2D eigenvalue weighted by atomic mass is 9.87. The van der Waals surface area contributed by atoms with Gasteiger partial charge in [-0.05, 0) is 61.9 Å². The van der Waals surface area contributed by atoms with Crippen LogP contribution in [0.25, 0.3) is 0 Å². The van der Waals surface area contributed by atoms with E-state index in [1.165, 1.54) is 24.0 Å². The molecule has 0 bridgehead atoms. The standard InChI is InChI=1S/C18H29NO2/c1-4-10-20-17-12-14-8-7-9-16(19-6-3)15(14)13-18(17)21-11-5-2/h12-13,16,19H,4-11H2,1-3H3. The Bertz CT molecular complexity index is 445. The summed E-state index contributed by atoms with van der Waals surface area (Å²) in [6.45, 7) is 8.93. The Kier molecular flexibility index (Phi) is 6.37. The van der Waals surface area contributed by atoms with Gasteiger partial charge < -0.3 is 14.8 Å². The van der Waals surface area contributed by atoms with Crippen LogP contribution in [0.15, 0.2) is 12.1 Å². The molecule has 1 N–H and O–H groups in total. The Hall–Kier alpha value is -1.22. The fourth-order valence-corrected chi connectivity index (χ4v) is 2.92. The molecule has 0 aliphatic heterocycles. The van der Waals surface area contributed by atoms with E-state index in [1.54, 1.807) is 0 Å². The molecular weight excluding hydrogens is 262 g/mol. The summed E-state index contributed by atoms with van der Waals surface area (Å²) in [6.07, 6.45) is 5.63. The topological polar surface area (TPSA) is 30.5 Å². The van der Waals surface area contributed by atoms with Crippen molar-refractivity contribution >= 4 is 0 Å². The number of hydrogen-bond donors (Lipinski definition) is 1. The molecular formula is C18H29NO2. The second kappa shape index (κ2) is 8.28. The van der Waals surface area contributed by atoms with Gasteiger partial charge in [0.1, 0.15) is 0 Å². The summed E-state index contributed by atoms with van der Waals surface area (Å²) in [6, 6.07) is 4.88. The van der Waals surface area contributed by atoms with Crippen LogP contribution < -0.4 is 14.8 Å². The molecule has 1 aromatic carbocycles. The van der Waals surface area contributed by atoms with E-state index in [9.17, 15) is 0 Å². The van der Waals surface area contributed by atoms with Gasteiger partial charge in [0.2, 0.25) is 0 Å². The van der Waals surface area contributed by atoms with Crippen molar-refractivity contribution in [1.29, 1.82) is 0 Å². The lowest BCUT2D eigenvalue weighted by Crippen LogP contribution is -2.25. The van der Waals surface area contributed by atoms with E-state index in [1.807, 2.05) is 0 Å². The number of hydrogen-bond acceptors (Lipinski definition) is 3. The second-order valence-electron chi connectivity index (χ2n) is 5.70. The Morgan fingerprint density at radius 3 is 2.33 bits per heavy atom. The van der Waals surface area contributed by atoms with E-state index in [4.69, 9.17) is 9.47 Å². The number of ether oxygens (including phenoxy) is 2. The number of rotatable bonds is 8. The third-order valence-electron chi connectivity index (χ3n) is 3.89. The molecule has 1 atom stereocenters. The molecule has 0 spiro atoms. The normalized spacial score (nSPS) is 17.4. The lowest BCUT2D eigenvalue weighted by molar-refractivity contribution is 0.267. The number of aryl methyl sites for hydroxylation is 1. The summed E-state index contributed by atoms with van der Waals surface area (Å²) < 4.78 is 11.8. The molecule has 3 heteroatoms. The maximum atomic E-state index is 5.92. The van der Waals surface area contributed by atoms with E-state index in [0.717, 1.165) is 50.5 Å². The summed E-state index contributed by atoms with van der Waals surface area (Å²) in [4.78, 5) is 0. The summed E-state index contributed by atoms with van der Waals surface area (Å²) in [7, 11) is 0. The third kappa shape index (κ3) is 4.13. The van der Waals surface area contributed by atoms with Crippen LogP contribution in [0.1, 0.15) is 63.6 Å². The van der Waals surface area contributed by atoms with Gasteiger partial charge in [-0.3, -0.25) is 0 Å². The van der Waals surface area contributed by atoms with Crippen molar-refractivity contribution in [3.8, 4) is 11.5 Å². The van der Waals surface area contributed by atoms with Crippen LogP contribution in [0.4, 0.5) is 0 Å². The summed E-state index contributed by atoms with van der Waals surface area (Å²) in [5.74, 6) is 1.83. The first-order valence-corrected chi connectivity index (χ1v) is 8.45. The van der Waals surface area contributed by atoms with Gasteiger partial charge in [-0.1, -0.05) is 20.8 Å². The van der Waals surface area contributed by atoms with Crippen molar-refractivity contribution in [2.75, 3.05) is 19.8 Å². The molecule has 0 amide bonds. The van der Waals surface area contributed by atoms with Crippen molar-refractivity contribution < 1.29 is 9.47 Å². The third-order valence-corrected chi connectivity index (χ3v) is 3.89. The van der Waals surface area contributed by atoms with E-state index in [0.29, 0.717) is 6.04 Å². The Morgan fingerprint density at radius 2 is 1.71 bits per heavy atom. The molecule has 1 aliphatic rings. The molecule has 1 aromatic rings. The summed E-state index contributed by atoms with van der Waals surface area (Å²) >= 11 is 0. The van der Waals surface area contributed by atoms with Gasteiger partial charge in [-0.15, -0.1) is 0 Å². The van der Waals surface area contributed by atoms with Crippen LogP contribution in [0.3, 0.4) is 0 Å². The predicted molar refractivity (Wildman–Crippen MR) is 87.4 cm³/mol. The average Bonchev–Trinajstić information content (AvgIpc) is 2.51. The molecule has 1 aliphatic carbocycles. The van der Waals surface area contributed by atoms with Crippen molar-refractivity contribution in [1.82, 2.24) is 5.32 Å². The predicted octanol–water partition coefficient (Wildman–Crippen LogP) is 4.25. The number of nitrogens with one attached hydrogen (secondary N) is 1. The molecule has 1 unspecified atom stereocenters. The zero-order valence-electron chi connectivity index (χ0n) is 13.7. The van der Waals surface area contributed by atoms with Gasteiger partial charge in [-0.2, -0.15) is 0 Å². The van der Waals surface area contributed by atoms with Crippen LogP contribution in [0.5, 0.6) is 11.5 Å². The second-order valence-corrected chi connectivity index (χ2v) is 5.70. The van der Waals surface area contributed by atoms with Gasteiger partial charge >= 0.3 is 0 Å². The first-order chi connectivity index (χ1) is 10.3. The maximum absolute atomic E-state index is 5.92. The fraction of sp³-hybridized carbons (Fsp3) is 0.667. The highest BCUT2D eigenvalue weighted by molar-refractivity contribution is 5.49. The largest absolute Gasteiger partial charge is 0.490 e. The van der Waals surface area contributed by atoms with Gasteiger partial charge in [-0.25, -0.2) is 0 Å². The highest BCUT2D eigenvalue weighted by Crippen LogP contribution is 2.38. The maximum Gasteiger partial charge on any atom is 0.161 e. The molecule has 0 aromatic heterocycles. The van der Waals surface area contributed by atoms with Gasteiger partial charge in [0.15, 0.2) is 11.5 Å². The van der Waals surface area contributed by atoms with Crippen LogP contribution in [-0.2, 0) is 6.42 Å². The molecule has 3 nitrogen and oxygen atoms in total. The fourth-order valence-electron chi connectivity index (χ4n) is 2.92. The minimum atomic E-state index is 0.461. The van der Waals surface area contributed by atoms with Crippen LogP contribution >= 0.6 is 0 Å².